The van der Waals surface area contributed by atoms with Gasteiger partial charge in [0.25, 0.3) is 11.6 Å². The molecule has 0 saturated carbocycles. The lowest BCUT2D eigenvalue weighted by Gasteiger charge is -2.34. The summed E-state index contributed by atoms with van der Waals surface area (Å²) < 4.78 is 0. The van der Waals surface area contributed by atoms with Crippen LogP contribution in [0.1, 0.15) is 17.3 Å². The van der Waals surface area contributed by atoms with Crippen LogP contribution in [0.15, 0.2) is 18.2 Å². The Balaban J connectivity index is 0.00000288. The average molecular weight is 377 g/mol. The van der Waals surface area contributed by atoms with E-state index < -0.39 is 16.5 Å². The van der Waals surface area contributed by atoms with Gasteiger partial charge in [-0.05, 0) is 13.0 Å². The lowest BCUT2D eigenvalue weighted by Crippen LogP contribution is -2.54. The van der Waals surface area contributed by atoms with E-state index in [0.29, 0.717) is 19.6 Å². The minimum Gasteiger partial charge on any atom is -0.343 e. The van der Waals surface area contributed by atoms with E-state index in [1.807, 2.05) is 6.92 Å². The van der Waals surface area contributed by atoms with E-state index in [9.17, 15) is 19.7 Å². The molecule has 1 fully saturated rings. The minimum absolute atomic E-state index is 0. The zero-order valence-corrected chi connectivity index (χ0v) is 14.5. The van der Waals surface area contributed by atoms with Gasteiger partial charge in [-0.2, -0.15) is 0 Å². The SMILES string of the molecule is C[C@H]1CNCCN1C(=O)CNC(=O)c1c(Cl)cccc1[N+](=O)[O-].Cl. The summed E-state index contributed by atoms with van der Waals surface area (Å²) in [6.45, 7) is 3.62. The van der Waals surface area contributed by atoms with Gasteiger partial charge in [-0.1, -0.05) is 17.7 Å². The number of nitro benzene ring substituents is 1. The Kier molecular flexibility index (Phi) is 7.40. The van der Waals surface area contributed by atoms with Crippen LogP contribution in [-0.4, -0.2) is 53.9 Å². The minimum atomic E-state index is -0.738. The fourth-order valence-electron chi connectivity index (χ4n) is 2.45. The molecule has 8 nitrogen and oxygen atoms in total. The Morgan fingerprint density at radius 1 is 1.50 bits per heavy atom. The van der Waals surface area contributed by atoms with Crippen molar-refractivity contribution in [1.82, 2.24) is 15.5 Å². The van der Waals surface area contributed by atoms with Crippen molar-refractivity contribution in [2.24, 2.45) is 0 Å². The van der Waals surface area contributed by atoms with Gasteiger partial charge in [0.15, 0.2) is 0 Å². The maximum absolute atomic E-state index is 12.2. The zero-order valence-electron chi connectivity index (χ0n) is 13.0. The fraction of sp³-hybridized carbons (Fsp3) is 0.429. The lowest BCUT2D eigenvalue weighted by atomic mass is 10.1. The highest BCUT2D eigenvalue weighted by atomic mass is 35.5. The van der Waals surface area contributed by atoms with E-state index in [-0.39, 0.29) is 41.5 Å². The van der Waals surface area contributed by atoms with Crippen LogP contribution in [-0.2, 0) is 4.79 Å². The molecule has 0 aliphatic carbocycles. The quantitative estimate of drug-likeness (QED) is 0.607. The summed E-state index contributed by atoms with van der Waals surface area (Å²) in [6.07, 6.45) is 0. The molecular weight excluding hydrogens is 359 g/mol. The smallest absolute Gasteiger partial charge is 0.283 e. The maximum Gasteiger partial charge on any atom is 0.283 e. The molecule has 1 aromatic rings. The fourth-order valence-corrected chi connectivity index (χ4v) is 2.70. The van der Waals surface area contributed by atoms with E-state index in [1.165, 1.54) is 18.2 Å². The molecule has 1 aliphatic rings. The van der Waals surface area contributed by atoms with Crippen LogP contribution in [0.5, 0.6) is 0 Å². The van der Waals surface area contributed by atoms with E-state index in [1.54, 1.807) is 4.90 Å². The Morgan fingerprint density at radius 2 is 2.21 bits per heavy atom. The number of benzene rings is 1. The molecule has 2 N–H and O–H groups in total. The molecule has 1 heterocycles. The number of carbonyl (C=O) groups excluding carboxylic acids is 2. The largest absolute Gasteiger partial charge is 0.343 e. The molecule has 0 bridgehead atoms. The number of hydrogen-bond acceptors (Lipinski definition) is 5. The summed E-state index contributed by atoms with van der Waals surface area (Å²) in [5.74, 6) is -0.972. The van der Waals surface area contributed by atoms with Gasteiger partial charge >= 0.3 is 0 Å². The van der Waals surface area contributed by atoms with Gasteiger partial charge < -0.3 is 15.5 Å². The van der Waals surface area contributed by atoms with Crippen LogP contribution in [0, 0.1) is 10.1 Å². The monoisotopic (exact) mass is 376 g/mol. The summed E-state index contributed by atoms with van der Waals surface area (Å²) in [6, 6.07) is 4.01. The maximum atomic E-state index is 12.2. The third-order valence-corrected chi connectivity index (χ3v) is 3.95. The van der Waals surface area contributed by atoms with Crippen molar-refractivity contribution in [3.8, 4) is 0 Å². The summed E-state index contributed by atoms with van der Waals surface area (Å²) in [4.78, 5) is 36.3. The average Bonchev–Trinajstić information content (AvgIpc) is 2.52. The molecule has 1 saturated heterocycles. The number of piperazine rings is 1. The molecule has 0 radical (unpaired) electrons. The molecule has 2 amide bonds. The van der Waals surface area contributed by atoms with Crippen molar-refractivity contribution in [2.45, 2.75) is 13.0 Å². The molecule has 2 rings (SSSR count). The van der Waals surface area contributed by atoms with Crippen molar-refractivity contribution in [2.75, 3.05) is 26.2 Å². The van der Waals surface area contributed by atoms with Crippen molar-refractivity contribution in [3.05, 3.63) is 38.9 Å². The number of carbonyl (C=O) groups is 2. The summed E-state index contributed by atoms with van der Waals surface area (Å²) >= 11 is 5.89. The molecule has 132 valence electrons. The third-order valence-electron chi connectivity index (χ3n) is 3.64. The Hall–Kier alpha value is -1.90. The van der Waals surface area contributed by atoms with Crippen LogP contribution in [0.2, 0.25) is 5.02 Å². The highest BCUT2D eigenvalue weighted by molar-refractivity contribution is 6.34. The van der Waals surface area contributed by atoms with Gasteiger partial charge in [0, 0.05) is 31.7 Å². The van der Waals surface area contributed by atoms with Crippen LogP contribution in [0.3, 0.4) is 0 Å². The second-order valence-electron chi connectivity index (χ2n) is 5.21. The van der Waals surface area contributed by atoms with E-state index in [0.717, 1.165) is 0 Å². The number of nitrogens with zero attached hydrogens (tertiary/aromatic N) is 2. The Labute approximate surface area is 150 Å². The van der Waals surface area contributed by atoms with Crippen molar-refractivity contribution >= 4 is 41.5 Å². The molecular formula is C14H18Cl2N4O4. The molecule has 10 heteroatoms. The van der Waals surface area contributed by atoms with Crippen molar-refractivity contribution in [1.29, 1.82) is 0 Å². The Morgan fingerprint density at radius 3 is 2.83 bits per heavy atom. The molecule has 1 atom stereocenters. The number of rotatable bonds is 4. The van der Waals surface area contributed by atoms with E-state index in [4.69, 9.17) is 11.6 Å². The predicted molar refractivity (Wildman–Crippen MR) is 91.7 cm³/mol. The standard InChI is InChI=1S/C14H17ClN4O4.ClH/c1-9-7-16-5-6-18(9)12(20)8-17-14(21)13-10(15)3-2-4-11(13)19(22)23;/h2-4,9,16H,5-8H2,1H3,(H,17,21);1H/t9-;/m0./s1. The predicted octanol–water partition coefficient (Wildman–Crippen LogP) is 1.22. The number of halogens is 2. The lowest BCUT2D eigenvalue weighted by molar-refractivity contribution is -0.385. The molecule has 1 aromatic carbocycles. The first-order chi connectivity index (χ1) is 10.9. The van der Waals surface area contributed by atoms with Gasteiger partial charge in [0.1, 0.15) is 5.56 Å². The van der Waals surface area contributed by atoms with Crippen molar-refractivity contribution < 1.29 is 14.5 Å². The van der Waals surface area contributed by atoms with Crippen molar-refractivity contribution in [3.63, 3.8) is 0 Å². The first-order valence-corrected chi connectivity index (χ1v) is 7.51. The zero-order chi connectivity index (χ0) is 17.0. The molecule has 24 heavy (non-hydrogen) atoms. The molecule has 0 aromatic heterocycles. The summed E-state index contributed by atoms with van der Waals surface area (Å²) in [5.41, 5.74) is -0.627. The second kappa shape index (κ2) is 8.81. The van der Waals surface area contributed by atoms with Crippen LogP contribution in [0.4, 0.5) is 5.69 Å². The highest BCUT2D eigenvalue weighted by Crippen LogP contribution is 2.25. The number of amides is 2. The van der Waals surface area contributed by atoms with Gasteiger partial charge in [0.05, 0.1) is 16.5 Å². The van der Waals surface area contributed by atoms with Gasteiger partial charge in [-0.3, -0.25) is 19.7 Å². The topological polar surface area (TPSA) is 105 Å². The number of hydrogen-bond donors (Lipinski definition) is 2. The normalized spacial score (nSPS) is 16.9. The molecule has 0 unspecified atom stereocenters. The number of nitro groups is 1. The van der Waals surface area contributed by atoms with Crippen LogP contribution >= 0.6 is 24.0 Å². The Bertz CT molecular complexity index is 641. The van der Waals surface area contributed by atoms with Gasteiger partial charge in [0.2, 0.25) is 5.91 Å². The number of nitrogens with one attached hydrogen (secondary N) is 2. The van der Waals surface area contributed by atoms with E-state index in [2.05, 4.69) is 10.6 Å². The molecule has 1 aliphatic heterocycles. The van der Waals surface area contributed by atoms with Crippen LogP contribution < -0.4 is 10.6 Å². The first-order valence-electron chi connectivity index (χ1n) is 7.13. The highest BCUT2D eigenvalue weighted by Gasteiger charge is 2.26. The second-order valence-corrected chi connectivity index (χ2v) is 5.62. The van der Waals surface area contributed by atoms with Gasteiger partial charge in [-0.25, -0.2) is 0 Å². The molecule has 0 spiro atoms. The van der Waals surface area contributed by atoms with Gasteiger partial charge in [-0.15, -0.1) is 12.4 Å². The summed E-state index contributed by atoms with van der Waals surface area (Å²) in [7, 11) is 0. The summed E-state index contributed by atoms with van der Waals surface area (Å²) in [5, 5.41) is 16.5. The third kappa shape index (κ3) is 4.56. The first kappa shape index (κ1) is 20.1. The van der Waals surface area contributed by atoms with Crippen LogP contribution in [0.25, 0.3) is 0 Å². The van der Waals surface area contributed by atoms with E-state index >= 15 is 0 Å².